The Labute approximate surface area is 254 Å². The van der Waals surface area contributed by atoms with Crippen LogP contribution in [0.5, 0.6) is 23.0 Å². The summed E-state index contributed by atoms with van der Waals surface area (Å²) in [6, 6.07) is 27.5. The van der Waals surface area contributed by atoms with Crippen LogP contribution in [0, 0.1) is 0 Å². The lowest BCUT2D eigenvalue weighted by Gasteiger charge is -2.27. The fraction of sp³-hybridized carbons (Fsp3) is 0.176. The van der Waals surface area contributed by atoms with Gasteiger partial charge in [-0.1, -0.05) is 60.1 Å². The second kappa shape index (κ2) is 12.1. The monoisotopic (exact) mass is 595 g/mol. The lowest BCUT2D eigenvalue weighted by molar-refractivity contribution is 0.0729. The van der Waals surface area contributed by atoms with Gasteiger partial charge in [0.1, 0.15) is 29.5 Å². The van der Waals surface area contributed by atoms with Crippen molar-refractivity contribution in [2.75, 3.05) is 13.7 Å². The molecule has 1 atom stereocenters. The van der Waals surface area contributed by atoms with Gasteiger partial charge >= 0.3 is 0 Å². The Morgan fingerprint density at radius 3 is 2.47 bits per heavy atom. The standard InChI is InChI=1S/C34H30ClN3O5/c1-3-42-29-17-23(11-16-28(29)43-20-22-7-5-4-6-8-22)33-30-31(26-18-24(35)12-15-27(26)39)36-37-32(30)34(40)38(33)19-21-9-13-25(41-2)14-10-21/h4-18,33,39H,3,19-20H2,1-2H3,(H,36,37). The Balaban J connectivity index is 1.43. The second-order valence-electron chi connectivity index (χ2n) is 10.1. The Bertz CT molecular complexity index is 1750. The van der Waals surface area contributed by atoms with E-state index >= 15 is 0 Å². The van der Waals surface area contributed by atoms with Crippen molar-refractivity contribution in [1.29, 1.82) is 0 Å². The summed E-state index contributed by atoms with van der Waals surface area (Å²) in [5, 5.41) is 18.6. The third kappa shape index (κ3) is 5.61. The number of fused-ring (bicyclic) bond motifs is 1. The Morgan fingerprint density at radius 2 is 1.72 bits per heavy atom. The first-order chi connectivity index (χ1) is 21.0. The van der Waals surface area contributed by atoms with E-state index in [-0.39, 0.29) is 11.7 Å². The molecule has 1 aromatic heterocycles. The molecule has 0 aliphatic carbocycles. The zero-order chi connectivity index (χ0) is 29.9. The van der Waals surface area contributed by atoms with Crippen LogP contribution in [0.25, 0.3) is 11.3 Å². The van der Waals surface area contributed by atoms with Crippen LogP contribution < -0.4 is 14.2 Å². The third-order valence-electron chi connectivity index (χ3n) is 7.41. The minimum Gasteiger partial charge on any atom is -0.507 e. The molecule has 0 saturated carbocycles. The highest BCUT2D eigenvalue weighted by molar-refractivity contribution is 6.31. The largest absolute Gasteiger partial charge is 0.507 e. The highest BCUT2D eigenvalue weighted by atomic mass is 35.5. The quantitative estimate of drug-likeness (QED) is 0.178. The molecule has 218 valence electrons. The van der Waals surface area contributed by atoms with Crippen LogP contribution in [0.15, 0.2) is 91.0 Å². The summed E-state index contributed by atoms with van der Waals surface area (Å²) < 4.78 is 17.5. The number of nitrogens with zero attached hydrogens (tertiary/aromatic N) is 2. The van der Waals surface area contributed by atoms with Crippen molar-refractivity contribution in [2.24, 2.45) is 0 Å². The van der Waals surface area contributed by atoms with Gasteiger partial charge in [-0.3, -0.25) is 9.89 Å². The van der Waals surface area contributed by atoms with E-state index in [4.69, 9.17) is 25.8 Å². The molecule has 0 fully saturated rings. The van der Waals surface area contributed by atoms with Crippen LogP contribution in [-0.2, 0) is 13.2 Å². The molecule has 8 nitrogen and oxygen atoms in total. The van der Waals surface area contributed by atoms with Gasteiger partial charge < -0.3 is 24.2 Å². The van der Waals surface area contributed by atoms with Crippen LogP contribution in [0.3, 0.4) is 0 Å². The molecule has 1 aliphatic heterocycles. The SMILES string of the molecule is CCOc1cc(C2c3c(-c4cc(Cl)ccc4O)n[nH]c3C(=O)N2Cc2ccc(OC)cc2)ccc1OCc1ccccc1. The van der Waals surface area contributed by atoms with Crippen molar-refractivity contribution in [2.45, 2.75) is 26.1 Å². The minimum absolute atomic E-state index is 0.0122. The van der Waals surface area contributed by atoms with E-state index in [2.05, 4.69) is 10.2 Å². The summed E-state index contributed by atoms with van der Waals surface area (Å²) in [4.78, 5) is 15.7. The third-order valence-corrected chi connectivity index (χ3v) is 7.65. The number of hydrogen-bond donors (Lipinski definition) is 2. The Hall–Kier alpha value is -4.95. The molecule has 5 aromatic rings. The van der Waals surface area contributed by atoms with Crippen LogP contribution >= 0.6 is 11.6 Å². The maximum atomic E-state index is 13.9. The van der Waals surface area contributed by atoms with Crippen molar-refractivity contribution in [3.8, 4) is 34.3 Å². The lowest BCUT2D eigenvalue weighted by atomic mass is 9.95. The normalized spacial score (nSPS) is 14.1. The van der Waals surface area contributed by atoms with Gasteiger partial charge in [-0.25, -0.2) is 0 Å². The number of benzene rings is 4. The van der Waals surface area contributed by atoms with Crippen molar-refractivity contribution < 1.29 is 24.1 Å². The van der Waals surface area contributed by atoms with E-state index in [0.717, 1.165) is 22.4 Å². The molecule has 0 bridgehead atoms. The number of carbonyl (C=O) groups excluding carboxylic acids is 1. The van der Waals surface area contributed by atoms with Crippen molar-refractivity contribution in [1.82, 2.24) is 15.1 Å². The lowest BCUT2D eigenvalue weighted by Crippen LogP contribution is -2.29. The van der Waals surface area contributed by atoms with Gasteiger partial charge in [0.2, 0.25) is 0 Å². The molecule has 9 heteroatoms. The van der Waals surface area contributed by atoms with Gasteiger partial charge in [-0.2, -0.15) is 5.10 Å². The first kappa shape index (κ1) is 28.2. The van der Waals surface area contributed by atoms with Crippen LogP contribution in [0.4, 0.5) is 0 Å². The number of amides is 1. The van der Waals surface area contributed by atoms with E-state index in [1.807, 2.05) is 79.7 Å². The maximum Gasteiger partial charge on any atom is 0.273 e. The van der Waals surface area contributed by atoms with Gasteiger partial charge in [0.05, 0.1) is 19.8 Å². The average molecular weight is 596 g/mol. The molecular weight excluding hydrogens is 566 g/mol. The molecule has 2 heterocycles. The fourth-order valence-corrected chi connectivity index (χ4v) is 5.53. The highest BCUT2D eigenvalue weighted by Gasteiger charge is 2.43. The van der Waals surface area contributed by atoms with Gasteiger partial charge in [0.25, 0.3) is 5.91 Å². The van der Waals surface area contributed by atoms with Crippen molar-refractivity contribution >= 4 is 17.5 Å². The van der Waals surface area contributed by atoms with E-state index < -0.39 is 6.04 Å². The predicted molar refractivity (Wildman–Crippen MR) is 164 cm³/mol. The Morgan fingerprint density at radius 1 is 0.930 bits per heavy atom. The summed E-state index contributed by atoms with van der Waals surface area (Å²) in [6.07, 6.45) is 0. The maximum absolute atomic E-state index is 13.9. The van der Waals surface area contributed by atoms with Gasteiger partial charge in [-0.05, 0) is 66.1 Å². The van der Waals surface area contributed by atoms with E-state index in [1.165, 1.54) is 6.07 Å². The van der Waals surface area contributed by atoms with Gasteiger partial charge in [0.15, 0.2) is 11.5 Å². The number of ether oxygens (including phenoxy) is 3. The molecular formula is C34H30ClN3O5. The van der Waals surface area contributed by atoms with Crippen molar-refractivity contribution in [3.63, 3.8) is 0 Å². The molecule has 43 heavy (non-hydrogen) atoms. The molecule has 0 spiro atoms. The number of nitrogens with one attached hydrogen (secondary N) is 1. The van der Waals surface area contributed by atoms with Crippen LogP contribution in [0.2, 0.25) is 5.02 Å². The zero-order valence-electron chi connectivity index (χ0n) is 23.7. The predicted octanol–water partition coefficient (Wildman–Crippen LogP) is 7.17. The molecule has 0 radical (unpaired) electrons. The Kier molecular flexibility index (Phi) is 7.94. The molecule has 4 aromatic carbocycles. The minimum atomic E-state index is -0.542. The number of H-pyrrole nitrogens is 1. The molecule has 1 aliphatic rings. The van der Waals surface area contributed by atoms with E-state index in [0.29, 0.717) is 58.8 Å². The van der Waals surface area contributed by atoms with Gasteiger partial charge in [-0.15, -0.1) is 0 Å². The number of phenolic OH excluding ortho intramolecular Hbond substituents is 1. The molecule has 1 unspecified atom stereocenters. The van der Waals surface area contributed by atoms with Gasteiger partial charge in [0, 0.05) is 22.7 Å². The summed E-state index contributed by atoms with van der Waals surface area (Å²) in [7, 11) is 1.62. The number of halogens is 1. The van der Waals surface area contributed by atoms with E-state index in [9.17, 15) is 9.90 Å². The summed E-state index contributed by atoms with van der Waals surface area (Å²) >= 11 is 6.31. The second-order valence-corrected chi connectivity index (χ2v) is 10.6. The molecule has 1 amide bonds. The zero-order valence-corrected chi connectivity index (χ0v) is 24.5. The number of rotatable bonds is 10. The number of aromatic hydroxyl groups is 1. The number of carbonyl (C=O) groups is 1. The number of phenols is 1. The summed E-state index contributed by atoms with van der Waals surface area (Å²) in [5.74, 6) is 1.70. The number of methoxy groups -OCH3 is 1. The van der Waals surface area contributed by atoms with Crippen LogP contribution in [-0.4, -0.2) is 39.8 Å². The number of aromatic nitrogens is 2. The van der Waals surface area contributed by atoms with E-state index in [1.54, 1.807) is 24.1 Å². The molecule has 0 saturated heterocycles. The van der Waals surface area contributed by atoms with Crippen LogP contribution in [0.1, 0.15) is 45.7 Å². The number of aromatic amines is 1. The summed E-state index contributed by atoms with van der Waals surface area (Å²) in [5.41, 5.74) is 4.66. The summed E-state index contributed by atoms with van der Waals surface area (Å²) in [6.45, 7) is 3.06. The smallest absolute Gasteiger partial charge is 0.273 e. The first-order valence-electron chi connectivity index (χ1n) is 13.9. The topological polar surface area (TPSA) is 96.9 Å². The number of hydrogen-bond acceptors (Lipinski definition) is 6. The van der Waals surface area contributed by atoms with Crippen molar-refractivity contribution in [3.05, 3.63) is 124 Å². The first-order valence-corrected chi connectivity index (χ1v) is 14.3. The molecule has 2 N–H and O–H groups in total. The highest BCUT2D eigenvalue weighted by Crippen LogP contribution is 2.47. The molecule has 6 rings (SSSR count). The fourth-order valence-electron chi connectivity index (χ4n) is 5.35. The average Bonchev–Trinajstić information content (AvgIpc) is 3.57.